The predicted molar refractivity (Wildman–Crippen MR) is 59.1 cm³/mol. The lowest BCUT2D eigenvalue weighted by molar-refractivity contribution is -0.141. The summed E-state index contributed by atoms with van der Waals surface area (Å²) in [5, 5.41) is 8.55. The summed E-state index contributed by atoms with van der Waals surface area (Å²) in [6.45, 7) is 0. The second-order valence-electron chi connectivity index (χ2n) is 3.43. The first-order valence-corrected chi connectivity index (χ1v) is 5.14. The van der Waals surface area contributed by atoms with Gasteiger partial charge >= 0.3 is 6.18 Å². The van der Waals surface area contributed by atoms with Crippen LogP contribution in [0.25, 0.3) is 11.3 Å². The molecule has 1 heterocycles. The molecule has 0 fully saturated rings. The van der Waals surface area contributed by atoms with Crippen LogP contribution in [-0.2, 0) is 6.18 Å². The molecule has 0 saturated heterocycles. The monoisotopic (exact) mass is 274 g/mol. The summed E-state index contributed by atoms with van der Waals surface area (Å²) in [6.07, 6.45) is -3.83. The summed E-state index contributed by atoms with van der Waals surface area (Å²) >= 11 is 5.66. The Balaban J connectivity index is 2.56. The molecule has 0 aliphatic heterocycles. The zero-order chi connectivity index (χ0) is 13.3. The number of aromatic hydroxyl groups is 1. The minimum atomic E-state index is -4.63. The van der Waals surface area contributed by atoms with Gasteiger partial charge in [0.25, 0.3) is 0 Å². The molecule has 3 nitrogen and oxygen atoms in total. The van der Waals surface area contributed by atoms with Gasteiger partial charge in [0.05, 0.1) is 10.7 Å². The maximum Gasteiger partial charge on any atom is 0.434 e. The van der Waals surface area contributed by atoms with E-state index in [0.29, 0.717) is 5.56 Å². The number of phenolic OH excluding ortho intramolecular Hbond substituents is 1. The van der Waals surface area contributed by atoms with Crippen molar-refractivity contribution in [2.45, 2.75) is 6.18 Å². The second kappa shape index (κ2) is 4.45. The minimum absolute atomic E-state index is 0.0000246. The van der Waals surface area contributed by atoms with Crippen molar-refractivity contribution in [3.63, 3.8) is 0 Å². The average molecular weight is 275 g/mol. The lowest BCUT2D eigenvalue weighted by Crippen LogP contribution is -2.10. The summed E-state index contributed by atoms with van der Waals surface area (Å²) in [4.78, 5) is 6.86. The van der Waals surface area contributed by atoms with Gasteiger partial charge in [0.2, 0.25) is 0 Å². The molecular formula is C11H6ClF3N2O. The molecule has 1 N–H and O–H groups in total. The van der Waals surface area contributed by atoms with Crippen molar-refractivity contribution in [2.75, 3.05) is 0 Å². The summed E-state index contributed by atoms with van der Waals surface area (Å²) < 4.78 is 37.8. The number of benzene rings is 1. The molecule has 2 rings (SSSR count). The van der Waals surface area contributed by atoms with Crippen LogP contribution in [0.15, 0.2) is 30.6 Å². The van der Waals surface area contributed by atoms with E-state index in [1.807, 2.05) is 0 Å². The van der Waals surface area contributed by atoms with E-state index in [9.17, 15) is 13.2 Å². The molecule has 0 bridgehead atoms. The Morgan fingerprint density at radius 3 is 2.22 bits per heavy atom. The SMILES string of the molecule is Oc1ccc(-c2ncnc(C(F)(F)F)c2Cl)cc1. The van der Waals surface area contributed by atoms with Crippen molar-refractivity contribution in [1.82, 2.24) is 9.97 Å². The molecule has 0 spiro atoms. The Labute approximate surface area is 105 Å². The molecule has 1 aromatic carbocycles. The topological polar surface area (TPSA) is 46.0 Å². The van der Waals surface area contributed by atoms with E-state index in [0.717, 1.165) is 6.33 Å². The van der Waals surface area contributed by atoms with Crippen LogP contribution in [0, 0.1) is 0 Å². The van der Waals surface area contributed by atoms with E-state index in [-0.39, 0.29) is 11.4 Å². The summed E-state index contributed by atoms with van der Waals surface area (Å²) in [5.74, 6) is -0.0000246. The molecule has 2 aromatic rings. The highest BCUT2D eigenvalue weighted by Crippen LogP contribution is 2.37. The Morgan fingerprint density at radius 1 is 1.06 bits per heavy atom. The number of hydrogen-bond acceptors (Lipinski definition) is 3. The zero-order valence-corrected chi connectivity index (χ0v) is 9.50. The standard InChI is InChI=1S/C11H6ClF3N2O/c12-8-9(6-1-3-7(18)4-2-6)16-5-17-10(8)11(13,14)15/h1-5,18H. The molecule has 0 radical (unpaired) electrons. The Bertz CT molecular complexity index is 569. The number of aromatic nitrogens is 2. The average Bonchev–Trinajstić information content (AvgIpc) is 2.29. The van der Waals surface area contributed by atoms with Gasteiger partial charge in [-0.3, -0.25) is 0 Å². The zero-order valence-electron chi connectivity index (χ0n) is 8.74. The van der Waals surface area contributed by atoms with Crippen LogP contribution in [0.2, 0.25) is 5.02 Å². The van der Waals surface area contributed by atoms with Gasteiger partial charge in [-0.1, -0.05) is 11.6 Å². The van der Waals surface area contributed by atoms with E-state index in [4.69, 9.17) is 16.7 Å². The van der Waals surface area contributed by atoms with Gasteiger partial charge in [-0.15, -0.1) is 0 Å². The Kier molecular flexibility index (Phi) is 3.13. The highest BCUT2D eigenvalue weighted by molar-refractivity contribution is 6.33. The number of rotatable bonds is 1. The summed E-state index contributed by atoms with van der Waals surface area (Å²) in [7, 11) is 0. The van der Waals surface area contributed by atoms with E-state index in [1.54, 1.807) is 0 Å². The first-order chi connectivity index (χ1) is 8.39. The number of halogens is 4. The van der Waals surface area contributed by atoms with Gasteiger partial charge in [-0.2, -0.15) is 13.2 Å². The van der Waals surface area contributed by atoms with Gasteiger partial charge < -0.3 is 5.11 Å². The van der Waals surface area contributed by atoms with E-state index in [2.05, 4.69) is 9.97 Å². The molecule has 0 aliphatic carbocycles. The predicted octanol–water partition coefficient (Wildman–Crippen LogP) is 3.52. The van der Waals surface area contributed by atoms with Crippen LogP contribution in [0.1, 0.15) is 5.69 Å². The summed E-state index contributed by atoms with van der Waals surface area (Å²) in [5.41, 5.74) is -0.841. The van der Waals surface area contributed by atoms with Gasteiger partial charge in [0.1, 0.15) is 12.1 Å². The van der Waals surface area contributed by atoms with Gasteiger partial charge in [-0.25, -0.2) is 9.97 Å². The maximum atomic E-state index is 12.6. The van der Waals surface area contributed by atoms with Crippen LogP contribution >= 0.6 is 11.6 Å². The van der Waals surface area contributed by atoms with Crippen molar-refractivity contribution >= 4 is 11.6 Å². The van der Waals surface area contributed by atoms with Crippen molar-refractivity contribution < 1.29 is 18.3 Å². The molecule has 1 aromatic heterocycles. The van der Waals surface area contributed by atoms with Crippen molar-refractivity contribution in [1.29, 1.82) is 0 Å². The fourth-order valence-electron chi connectivity index (χ4n) is 1.39. The van der Waals surface area contributed by atoms with Crippen LogP contribution in [0.4, 0.5) is 13.2 Å². The largest absolute Gasteiger partial charge is 0.508 e. The number of nitrogens with zero attached hydrogens (tertiary/aromatic N) is 2. The quantitative estimate of drug-likeness (QED) is 0.865. The third kappa shape index (κ3) is 2.38. The molecule has 0 saturated carbocycles. The fourth-order valence-corrected chi connectivity index (χ4v) is 1.70. The first-order valence-electron chi connectivity index (χ1n) is 4.76. The number of hydrogen-bond donors (Lipinski definition) is 1. The Morgan fingerprint density at radius 2 is 1.67 bits per heavy atom. The van der Waals surface area contributed by atoms with Crippen LogP contribution in [0.5, 0.6) is 5.75 Å². The maximum absolute atomic E-state index is 12.6. The highest BCUT2D eigenvalue weighted by atomic mass is 35.5. The van der Waals surface area contributed by atoms with Gasteiger partial charge in [0, 0.05) is 5.56 Å². The lowest BCUT2D eigenvalue weighted by atomic mass is 10.1. The lowest BCUT2D eigenvalue weighted by Gasteiger charge is -2.10. The van der Waals surface area contributed by atoms with E-state index < -0.39 is 16.9 Å². The number of phenols is 1. The van der Waals surface area contributed by atoms with Crippen molar-refractivity contribution in [3.05, 3.63) is 41.3 Å². The highest BCUT2D eigenvalue weighted by Gasteiger charge is 2.36. The molecule has 0 atom stereocenters. The molecule has 0 amide bonds. The van der Waals surface area contributed by atoms with E-state index in [1.165, 1.54) is 24.3 Å². The second-order valence-corrected chi connectivity index (χ2v) is 3.81. The molecule has 0 unspecified atom stereocenters. The first kappa shape index (κ1) is 12.6. The van der Waals surface area contributed by atoms with Crippen LogP contribution in [0.3, 0.4) is 0 Å². The summed E-state index contributed by atoms with van der Waals surface area (Å²) in [6, 6.07) is 5.51. The fraction of sp³-hybridized carbons (Fsp3) is 0.0909. The normalized spacial score (nSPS) is 11.6. The molecule has 94 valence electrons. The molecule has 0 aliphatic rings. The molecular weight excluding hydrogens is 269 g/mol. The smallest absolute Gasteiger partial charge is 0.434 e. The van der Waals surface area contributed by atoms with Crippen molar-refractivity contribution in [2.24, 2.45) is 0 Å². The van der Waals surface area contributed by atoms with Crippen LogP contribution < -0.4 is 0 Å². The molecule has 7 heteroatoms. The minimum Gasteiger partial charge on any atom is -0.508 e. The van der Waals surface area contributed by atoms with Crippen molar-refractivity contribution in [3.8, 4) is 17.0 Å². The third-order valence-corrected chi connectivity index (χ3v) is 2.56. The third-order valence-electron chi connectivity index (χ3n) is 2.20. The van der Waals surface area contributed by atoms with Crippen LogP contribution in [-0.4, -0.2) is 15.1 Å². The Hall–Kier alpha value is -1.82. The van der Waals surface area contributed by atoms with E-state index >= 15 is 0 Å². The molecule has 18 heavy (non-hydrogen) atoms. The van der Waals surface area contributed by atoms with Gasteiger partial charge in [0.15, 0.2) is 5.69 Å². The van der Waals surface area contributed by atoms with Gasteiger partial charge in [-0.05, 0) is 24.3 Å². The number of alkyl halides is 3.